The van der Waals surface area contributed by atoms with E-state index in [9.17, 15) is 0 Å². The number of hydrogen-bond acceptors (Lipinski definition) is 4. The Hall–Kier alpha value is -1.05. The Morgan fingerprint density at radius 1 is 1.30 bits per heavy atom. The van der Waals surface area contributed by atoms with Crippen molar-refractivity contribution >= 4 is 0 Å². The van der Waals surface area contributed by atoms with Gasteiger partial charge in [0.1, 0.15) is 32.2 Å². The molecular formula is C16H32N6O+2. The number of unbranched alkanes of at least 4 members (excludes halogenated alkanes) is 1. The topological polar surface area (TPSA) is 61.7 Å². The van der Waals surface area contributed by atoms with Crippen molar-refractivity contribution in [3.63, 3.8) is 0 Å². The summed E-state index contributed by atoms with van der Waals surface area (Å²) < 4.78 is 7.80. The number of rotatable bonds is 7. The van der Waals surface area contributed by atoms with Gasteiger partial charge in [-0.2, -0.15) is 0 Å². The van der Waals surface area contributed by atoms with E-state index in [1.54, 1.807) is 9.80 Å². The molecule has 2 saturated heterocycles. The summed E-state index contributed by atoms with van der Waals surface area (Å²) in [6.45, 7) is 8.86. The third-order valence-electron chi connectivity index (χ3n) is 5.36. The van der Waals surface area contributed by atoms with E-state index in [2.05, 4.69) is 29.5 Å². The first-order valence-corrected chi connectivity index (χ1v) is 9.31. The maximum Gasteiger partial charge on any atom is 0.209 e. The lowest BCUT2D eigenvalue weighted by molar-refractivity contribution is -1.02. The second kappa shape index (κ2) is 8.17. The van der Waals surface area contributed by atoms with Gasteiger partial charge in [0.15, 0.2) is 0 Å². The van der Waals surface area contributed by atoms with E-state index < -0.39 is 0 Å². The highest BCUT2D eigenvalue weighted by Crippen LogP contribution is 2.18. The predicted molar refractivity (Wildman–Crippen MR) is 86.4 cm³/mol. The highest BCUT2D eigenvalue weighted by atomic mass is 16.5. The molecule has 0 amide bonds. The Balaban J connectivity index is 1.72. The molecule has 23 heavy (non-hydrogen) atoms. The highest BCUT2D eigenvalue weighted by Gasteiger charge is 2.33. The van der Waals surface area contributed by atoms with Crippen LogP contribution < -0.4 is 9.80 Å². The Labute approximate surface area is 139 Å². The fourth-order valence-electron chi connectivity index (χ4n) is 3.84. The Bertz CT molecular complexity index is 465. The average Bonchev–Trinajstić information content (AvgIpc) is 3.22. The van der Waals surface area contributed by atoms with Gasteiger partial charge >= 0.3 is 0 Å². The van der Waals surface area contributed by atoms with E-state index in [-0.39, 0.29) is 6.10 Å². The van der Waals surface area contributed by atoms with Gasteiger partial charge in [-0.1, -0.05) is 13.3 Å². The third kappa shape index (κ3) is 4.28. The molecule has 2 aliphatic heterocycles. The molecule has 7 nitrogen and oxygen atoms in total. The summed E-state index contributed by atoms with van der Waals surface area (Å²) in [6, 6.07) is 0.430. The summed E-state index contributed by atoms with van der Waals surface area (Å²) in [5.74, 6) is 1.07. The minimum absolute atomic E-state index is 0.288. The van der Waals surface area contributed by atoms with Crippen molar-refractivity contribution in [2.24, 2.45) is 0 Å². The van der Waals surface area contributed by atoms with E-state index >= 15 is 0 Å². The fourth-order valence-corrected chi connectivity index (χ4v) is 3.84. The van der Waals surface area contributed by atoms with Gasteiger partial charge in [-0.25, -0.2) is 4.68 Å². The zero-order valence-electron chi connectivity index (χ0n) is 14.6. The first-order valence-electron chi connectivity index (χ1n) is 9.31. The second-order valence-electron chi connectivity index (χ2n) is 7.16. The van der Waals surface area contributed by atoms with E-state index in [0.717, 1.165) is 31.8 Å². The maximum absolute atomic E-state index is 5.78. The molecule has 0 aromatic carbocycles. The van der Waals surface area contributed by atoms with Gasteiger partial charge in [-0.05, 0) is 29.7 Å². The quantitative estimate of drug-likeness (QED) is 0.641. The van der Waals surface area contributed by atoms with E-state index in [0.29, 0.717) is 6.04 Å². The van der Waals surface area contributed by atoms with Crippen LogP contribution in [0.5, 0.6) is 0 Å². The van der Waals surface area contributed by atoms with Crippen LogP contribution in [0.15, 0.2) is 0 Å². The molecule has 0 aliphatic carbocycles. The van der Waals surface area contributed by atoms with Crippen LogP contribution in [0.4, 0.5) is 0 Å². The van der Waals surface area contributed by atoms with E-state index in [1.807, 2.05) is 4.68 Å². The van der Waals surface area contributed by atoms with Gasteiger partial charge in [0.25, 0.3) is 0 Å². The van der Waals surface area contributed by atoms with Gasteiger partial charge < -0.3 is 14.5 Å². The summed E-state index contributed by atoms with van der Waals surface area (Å²) in [4.78, 5) is 3.30. The lowest BCUT2D eigenvalue weighted by Crippen LogP contribution is -3.27. The highest BCUT2D eigenvalue weighted by molar-refractivity contribution is 4.88. The summed E-state index contributed by atoms with van der Waals surface area (Å²) in [5, 5.41) is 12.7. The molecule has 0 saturated carbocycles. The summed E-state index contributed by atoms with van der Waals surface area (Å²) in [5.41, 5.74) is 0. The molecule has 0 spiro atoms. The first kappa shape index (κ1) is 16.8. The van der Waals surface area contributed by atoms with Crippen LogP contribution in [0.25, 0.3) is 0 Å². The van der Waals surface area contributed by atoms with Crippen molar-refractivity contribution in [3.8, 4) is 0 Å². The molecule has 130 valence electrons. The molecule has 2 atom stereocenters. The van der Waals surface area contributed by atoms with Crippen molar-refractivity contribution < 1.29 is 14.5 Å². The molecule has 3 heterocycles. The van der Waals surface area contributed by atoms with E-state index in [1.165, 1.54) is 45.4 Å². The number of piperazine rings is 1. The Kier molecular flexibility index (Phi) is 5.96. The molecule has 0 unspecified atom stereocenters. The zero-order chi connectivity index (χ0) is 16.1. The van der Waals surface area contributed by atoms with Gasteiger partial charge in [0.2, 0.25) is 5.82 Å². The number of tetrazole rings is 1. The fraction of sp³-hybridized carbons (Fsp3) is 0.938. The van der Waals surface area contributed by atoms with Crippen molar-refractivity contribution in [3.05, 3.63) is 5.82 Å². The first-order chi connectivity index (χ1) is 11.3. The van der Waals surface area contributed by atoms with Crippen molar-refractivity contribution in [1.82, 2.24) is 20.2 Å². The summed E-state index contributed by atoms with van der Waals surface area (Å²) >= 11 is 0. The number of aromatic nitrogens is 4. The predicted octanol–water partition coefficient (Wildman–Crippen LogP) is -1.50. The number of nitrogens with one attached hydrogen (secondary N) is 2. The van der Waals surface area contributed by atoms with Gasteiger partial charge in [-0.15, -0.1) is 5.10 Å². The lowest BCUT2D eigenvalue weighted by Gasteiger charge is -2.32. The SMILES string of the molecule is CCCC[C@H](c1nnnn1C[C@H]1CCCO1)[NH+]1CC[NH+](C)CC1. The molecule has 2 aliphatic rings. The minimum Gasteiger partial charge on any atom is -0.376 e. The number of ether oxygens (including phenoxy) is 1. The van der Waals surface area contributed by atoms with Crippen LogP contribution in [-0.2, 0) is 11.3 Å². The molecular weight excluding hydrogens is 292 g/mol. The molecule has 0 bridgehead atoms. The van der Waals surface area contributed by atoms with Crippen LogP contribution in [-0.4, -0.2) is 66.1 Å². The lowest BCUT2D eigenvalue weighted by atomic mass is 10.1. The van der Waals surface area contributed by atoms with Crippen molar-refractivity contribution in [2.45, 2.75) is 57.7 Å². The second-order valence-corrected chi connectivity index (χ2v) is 7.16. The summed E-state index contributed by atoms with van der Waals surface area (Å²) in [6.07, 6.45) is 6.22. The number of nitrogens with zero attached hydrogens (tertiary/aromatic N) is 4. The van der Waals surface area contributed by atoms with Gasteiger partial charge in [-0.3, -0.25) is 0 Å². The van der Waals surface area contributed by atoms with Crippen LogP contribution in [0.3, 0.4) is 0 Å². The van der Waals surface area contributed by atoms with Gasteiger partial charge in [0, 0.05) is 13.0 Å². The maximum atomic E-state index is 5.78. The van der Waals surface area contributed by atoms with Gasteiger partial charge in [0.05, 0.1) is 19.7 Å². The van der Waals surface area contributed by atoms with Crippen LogP contribution in [0, 0.1) is 0 Å². The zero-order valence-corrected chi connectivity index (χ0v) is 14.6. The molecule has 2 fully saturated rings. The smallest absolute Gasteiger partial charge is 0.209 e. The van der Waals surface area contributed by atoms with Crippen molar-refractivity contribution in [1.29, 1.82) is 0 Å². The normalized spacial score (nSPS) is 29.7. The molecule has 7 heteroatoms. The van der Waals surface area contributed by atoms with Crippen LogP contribution in [0.1, 0.15) is 50.9 Å². The third-order valence-corrected chi connectivity index (χ3v) is 5.36. The Morgan fingerprint density at radius 3 is 2.83 bits per heavy atom. The molecule has 0 radical (unpaired) electrons. The van der Waals surface area contributed by atoms with Crippen LogP contribution in [0.2, 0.25) is 0 Å². The molecule has 2 N–H and O–H groups in total. The number of hydrogen-bond donors (Lipinski definition) is 2. The standard InChI is InChI=1S/C16H30N6O/c1-3-4-7-15(21-10-8-20(2)9-11-21)16-17-18-19-22(16)13-14-6-5-12-23-14/h14-15H,3-13H2,1-2H3/p+2/t14-,15-/m1/s1. The molecule has 3 rings (SSSR count). The largest absolute Gasteiger partial charge is 0.376 e. The summed E-state index contributed by atoms with van der Waals surface area (Å²) in [7, 11) is 2.29. The monoisotopic (exact) mass is 324 g/mol. The molecule has 1 aromatic heterocycles. The Morgan fingerprint density at radius 2 is 2.13 bits per heavy atom. The minimum atomic E-state index is 0.288. The number of quaternary nitrogens is 2. The number of likely N-dealkylation sites (N-methyl/N-ethyl adjacent to an activating group) is 1. The molecule has 1 aromatic rings. The van der Waals surface area contributed by atoms with Crippen LogP contribution >= 0.6 is 0 Å². The average molecular weight is 324 g/mol. The van der Waals surface area contributed by atoms with E-state index in [4.69, 9.17) is 4.74 Å². The van der Waals surface area contributed by atoms with Crippen molar-refractivity contribution in [2.75, 3.05) is 39.8 Å².